The second-order valence-corrected chi connectivity index (χ2v) is 3.21. The number of hydrogen-bond donors (Lipinski definition) is 2. The van der Waals surface area contributed by atoms with Crippen molar-refractivity contribution in [3.63, 3.8) is 0 Å². The summed E-state index contributed by atoms with van der Waals surface area (Å²) in [6, 6.07) is 6.50. The first kappa shape index (κ1) is 10.2. The van der Waals surface area contributed by atoms with Gasteiger partial charge in [0.05, 0.1) is 7.11 Å². The Morgan fingerprint density at radius 1 is 1.31 bits per heavy atom. The molecule has 0 saturated carbocycles. The van der Waals surface area contributed by atoms with Gasteiger partial charge in [-0.05, 0) is 6.07 Å². The lowest BCUT2D eigenvalue weighted by Gasteiger charge is -2.05. The van der Waals surface area contributed by atoms with Crippen molar-refractivity contribution in [2.45, 2.75) is 0 Å². The zero-order chi connectivity index (χ0) is 11.7. The summed E-state index contributed by atoms with van der Waals surface area (Å²) in [6.07, 6.45) is 0. The minimum atomic E-state index is -0.690. The van der Waals surface area contributed by atoms with E-state index in [1.165, 1.54) is 7.11 Å². The van der Waals surface area contributed by atoms with E-state index in [1.807, 2.05) is 0 Å². The number of aromatic amines is 1. The number of nitrogens with one attached hydrogen (secondary N) is 1. The van der Waals surface area contributed by atoms with Crippen molar-refractivity contribution in [1.29, 1.82) is 0 Å². The average molecular weight is 219 g/mol. The molecule has 5 heteroatoms. The van der Waals surface area contributed by atoms with E-state index < -0.39 is 17.4 Å². The van der Waals surface area contributed by atoms with Crippen LogP contribution in [-0.2, 0) is 4.74 Å². The molecule has 0 bridgehead atoms. The first-order valence-corrected chi connectivity index (χ1v) is 4.57. The highest BCUT2D eigenvalue weighted by Gasteiger charge is 2.17. The topological polar surface area (TPSA) is 79.4 Å². The number of benzene rings is 1. The molecule has 0 aliphatic heterocycles. The molecule has 0 aliphatic carbocycles. The Kier molecular flexibility index (Phi) is 2.36. The number of aromatic hydroxyl groups is 1. The Morgan fingerprint density at radius 3 is 2.56 bits per heavy atom. The number of esters is 1. The fourth-order valence-electron chi connectivity index (χ4n) is 1.57. The molecule has 1 aromatic carbocycles. The summed E-state index contributed by atoms with van der Waals surface area (Å²) in [5.41, 5.74) is -0.474. The van der Waals surface area contributed by atoms with Crippen molar-refractivity contribution in [2.75, 3.05) is 7.11 Å². The highest BCUT2D eigenvalue weighted by molar-refractivity contribution is 6.05. The number of aromatic nitrogens is 1. The van der Waals surface area contributed by atoms with Crippen LogP contribution in [0.25, 0.3) is 10.8 Å². The number of methoxy groups -OCH3 is 1. The minimum Gasteiger partial charge on any atom is -0.494 e. The van der Waals surface area contributed by atoms with Crippen molar-refractivity contribution in [2.24, 2.45) is 0 Å². The molecule has 0 amide bonds. The highest BCUT2D eigenvalue weighted by Crippen LogP contribution is 2.22. The SMILES string of the molecule is COC(=O)c1c(O)[nH]c(=O)c2ccccc12. The molecule has 0 unspecified atom stereocenters. The van der Waals surface area contributed by atoms with Crippen molar-refractivity contribution in [1.82, 2.24) is 4.98 Å². The number of pyridine rings is 1. The van der Waals surface area contributed by atoms with Crippen LogP contribution in [0.3, 0.4) is 0 Å². The molecule has 2 N–H and O–H groups in total. The summed E-state index contributed by atoms with van der Waals surface area (Å²) >= 11 is 0. The molecule has 0 radical (unpaired) electrons. The molecule has 5 nitrogen and oxygen atoms in total. The third-order valence-corrected chi connectivity index (χ3v) is 2.30. The summed E-state index contributed by atoms with van der Waals surface area (Å²) in [5.74, 6) is -1.17. The normalized spacial score (nSPS) is 10.3. The van der Waals surface area contributed by atoms with E-state index in [0.717, 1.165) is 0 Å². The lowest BCUT2D eigenvalue weighted by atomic mass is 10.1. The Labute approximate surface area is 90.3 Å². The van der Waals surface area contributed by atoms with Crippen molar-refractivity contribution in [3.8, 4) is 5.88 Å². The number of carbonyl (C=O) groups is 1. The molecule has 1 aromatic heterocycles. The fourth-order valence-corrected chi connectivity index (χ4v) is 1.57. The molecule has 0 spiro atoms. The van der Waals surface area contributed by atoms with Crippen LogP contribution in [0, 0.1) is 0 Å². The maximum atomic E-state index is 11.5. The maximum Gasteiger partial charge on any atom is 0.343 e. The Balaban J connectivity index is 2.92. The lowest BCUT2D eigenvalue weighted by Crippen LogP contribution is -2.12. The van der Waals surface area contributed by atoms with Crippen LogP contribution in [0.15, 0.2) is 29.1 Å². The van der Waals surface area contributed by atoms with Gasteiger partial charge in [0.15, 0.2) is 0 Å². The van der Waals surface area contributed by atoms with Crippen LogP contribution in [-0.4, -0.2) is 23.2 Å². The van der Waals surface area contributed by atoms with Gasteiger partial charge in [0.1, 0.15) is 5.56 Å². The smallest absolute Gasteiger partial charge is 0.343 e. The predicted molar refractivity (Wildman–Crippen MR) is 57.6 cm³/mol. The molecule has 0 fully saturated rings. The van der Waals surface area contributed by atoms with Gasteiger partial charge < -0.3 is 9.84 Å². The minimum absolute atomic E-state index is 0.0299. The summed E-state index contributed by atoms with van der Waals surface area (Å²) in [7, 11) is 1.21. The van der Waals surface area contributed by atoms with E-state index in [4.69, 9.17) is 0 Å². The molecular formula is C11H9NO4. The lowest BCUT2D eigenvalue weighted by molar-refractivity contribution is 0.0599. The maximum absolute atomic E-state index is 11.5. The van der Waals surface area contributed by atoms with Crippen LogP contribution in [0.2, 0.25) is 0 Å². The van der Waals surface area contributed by atoms with E-state index in [-0.39, 0.29) is 5.56 Å². The van der Waals surface area contributed by atoms with Crippen molar-refractivity contribution >= 4 is 16.7 Å². The van der Waals surface area contributed by atoms with Gasteiger partial charge in [-0.15, -0.1) is 0 Å². The Bertz CT molecular complexity index is 615. The molecule has 0 saturated heterocycles. The van der Waals surface area contributed by atoms with Gasteiger partial charge in [-0.3, -0.25) is 9.78 Å². The second-order valence-electron chi connectivity index (χ2n) is 3.21. The van der Waals surface area contributed by atoms with E-state index >= 15 is 0 Å². The monoisotopic (exact) mass is 219 g/mol. The summed E-state index contributed by atoms with van der Waals surface area (Å²) in [5, 5.41) is 10.2. The molecule has 16 heavy (non-hydrogen) atoms. The quantitative estimate of drug-likeness (QED) is 0.702. The van der Waals surface area contributed by atoms with Gasteiger partial charge in [0.2, 0.25) is 5.88 Å². The van der Waals surface area contributed by atoms with Gasteiger partial charge in [-0.1, -0.05) is 18.2 Å². The first-order valence-electron chi connectivity index (χ1n) is 4.57. The molecule has 2 rings (SSSR count). The molecule has 82 valence electrons. The first-order chi connectivity index (χ1) is 7.65. The number of hydrogen-bond acceptors (Lipinski definition) is 4. The summed E-state index contributed by atoms with van der Waals surface area (Å²) in [6.45, 7) is 0. The molecule has 0 aliphatic rings. The van der Waals surface area contributed by atoms with Crippen LogP contribution >= 0.6 is 0 Å². The van der Waals surface area contributed by atoms with Crippen LogP contribution in [0.5, 0.6) is 5.88 Å². The third-order valence-electron chi connectivity index (χ3n) is 2.30. The van der Waals surface area contributed by atoms with E-state index in [2.05, 4.69) is 9.72 Å². The molecule has 2 aromatic rings. The molecular weight excluding hydrogens is 210 g/mol. The number of fused-ring (bicyclic) bond motifs is 1. The average Bonchev–Trinajstić information content (AvgIpc) is 2.28. The number of ether oxygens (including phenoxy) is 1. The Hall–Kier alpha value is -2.30. The highest BCUT2D eigenvalue weighted by atomic mass is 16.5. The molecule has 1 heterocycles. The van der Waals surface area contributed by atoms with Crippen LogP contribution in [0.4, 0.5) is 0 Å². The molecule has 0 atom stereocenters. The number of rotatable bonds is 1. The Morgan fingerprint density at radius 2 is 1.94 bits per heavy atom. The van der Waals surface area contributed by atoms with Gasteiger partial charge in [-0.25, -0.2) is 4.79 Å². The second kappa shape index (κ2) is 3.69. The summed E-state index contributed by atoms with van der Waals surface area (Å²) in [4.78, 5) is 25.1. The fraction of sp³-hybridized carbons (Fsp3) is 0.0909. The third kappa shape index (κ3) is 1.42. The van der Waals surface area contributed by atoms with E-state index in [9.17, 15) is 14.7 Å². The largest absolute Gasteiger partial charge is 0.494 e. The van der Waals surface area contributed by atoms with Crippen molar-refractivity contribution < 1.29 is 14.6 Å². The number of carbonyl (C=O) groups excluding carboxylic acids is 1. The van der Waals surface area contributed by atoms with Crippen molar-refractivity contribution in [3.05, 3.63) is 40.2 Å². The van der Waals surface area contributed by atoms with Gasteiger partial charge in [-0.2, -0.15) is 0 Å². The number of H-pyrrole nitrogens is 1. The van der Waals surface area contributed by atoms with Gasteiger partial charge in [0.25, 0.3) is 5.56 Å². The van der Waals surface area contributed by atoms with Gasteiger partial charge in [0, 0.05) is 10.8 Å². The van der Waals surface area contributed by atoms with E-state index in [0.29, 0.717) is 10.8 Å². The van der Waals surface area contributed by atoms with Crippen LogP contribution < -0.4 is 5.56 Å². The zero-order valence-corrected chi connectivity index (χ0v) is 8.48. The standard InChI is InChI=1S/C11H9NO4/c1-16-11(15)8-6-4-2-3-5-7(6)9(13)12-10(8)14/h2-5H,1H3,(H2,12,13,14). The summed E-state index contributed by atoms with van der Waals surface area (Å²) < 4.78 is 4.54. The van der Waals surface area contributed by atoms with Crippen LogP contribution in [0.1, 0.15) is 10.4 Å². The van der Waals surface area contributed by atoms with E-state index in [1.54, 1.807) is 24.3 Å². The zero-order valence-electron chi connectivity index (χ0n) is 8.48. The van der Waals surface area contributed by atoms with Gasteiger partial charge >= 0.3 is 5.97 Å². The predicted octanol–water partition coefficient (Wildman–Crippen LogP) is 1.02.